The lowest BCUT2D eigenvalue weighted by atomic mass is 10.0. The monoisotopic (exact) mass is 269 g/mol. The normalized spacial score (nSPS) is 18.0. The molecule has 0 N–H and O–H groups in total. The van der Waals surface area contributed by atoms with Crippen molar-refractivity contribution in [1.82, 2.24) is 0 Å². The molecule has 19 heavy (non-hydrogen) atoms. The van der Waals surface area contributed by atoms with E-state index in [4.69, 9.17) is 4.84 Å². The van der Waals surface area contributed by atoms with Gasteiger partial charge in [0, 0.05) is 6.42 Å². The van der Waals surface area contributed by atoms with Gasteiger partial charge in [0.1, 0.15) is 6.10 Å². The average molecular weight is 269 g/mol. The summed E-state index contributed by atoms with van der Waals surface area (Å²) in [5.74, 6) is -0.179. The van der Waals surface area contributed by atoms with Crippen LogP contribution in [0.2, 0.25) is 0 Å². The van der Waals surface area contributed by atoms with Crippen LogP contribution in [0.1, 0.15) is 71.1 Å². The molecule has 1 unspecified atom stereocenters. The third kappa shape index (κ3) is 7.19. The Bertz CT molecular complexity index is 289. The van der Waals surface area contributed by atoms with E-state index in [2.05, 4.69) is 16.8 Å². The highest BCUT2D eigenvalue weighted by molar-refractivity contribution is 5.88. The molecule has 0 saturated heterocycles. The van der Waals surface area contributed by atoms with Gasteiger partial charge in [0.05, 0.1) is 19.2 Å². The van der Waals surface area contributed by atoms with E-state index in [1.807, 2.05) is 0 Å². The van der Waals surface area contributed by atoms with Crippen molar-refractivity contribution in [3.05, 3.63) is 0 Å². The van der Waals surface area contributed by atoms with Crippen LogP contribution in [0.15, 0.2) is 5.16 Å². The van der Waals surface area contributed by atoms with Gasteiger partial charge in [-0.2, -0.15) is 0 Å². The zero-order chi connectivity index (χ0) is 13.9. The highest BCUT2D eigenvalue weighted by atomic mass is 16.6. The molecule has 0 fully saturated rings. The van der Waals surface area contributed by atoms with Gasteiger partial charge in [-0.3, -0.25) is 4.79 Å². The van der Waals surface area contributed by atoms with E-state index >= 15 is 0 Å². The predicted molar refractivity (Wildman–Crippen MR) is 76.2 cm³/mol. The molecule has 110 valence electrons. The maximum Gasteiger partial charge on any atom is 0.305 e. The molecule has 0 saturated carbocycles. The quantitative estimate of drug-likeness (QED) is 0.447. The average Bonchev–Trinajstić information content (AvgIpc) is 2.88. The molecule has 4 nitrogen and oxygen atoms in total. The van der Waals surface area contributed by atoms with Crippen molar-refractivity contribution >= 4 is 11.7 Å². The zero-order valence-corrected chi connectivity index (χ0v) is 12.3. The first-order chi connectivity index (χ1) is 9.26. The third-order valence-corrected chi connectivity index (χ3v) is 3.52. The van der Waals surface area contributed by atoms with E-state index in [1.54, 1.807) is 0 Å². The summed E-state index contributed by atoms with van der Waals surface area (Å²) in [5, 5.41) is 4.06. The van der Waals surface area contributed by atoms with Crippen molar-refractivity contribution in [3.63, 3.8) is 0 Å². The summed E-state index contributed by atoms with van der Waals surface area (Å²) in [5.41, 5.74) is 1.00. The summed E-state index contributed by atoms with van der Waals surface area (Å²) in [6, 6.07) is 0. The largest absolute Gasteiger partial charge is 0.469 e. The van der Waals surface area contributed by atoms with Gasteiger partial charge in [-0.05, 0) is 19.3 Å². The molecule has 1 atom stereocenters. The van der Waals surface area contributed by atoms with Crippen LogP contribution in [0.4, 0.5) is 0 Å². The minimum absolute atomic E-state index is 0.179. The fourth-order valence-electron chi connectivity index (χ4n) is 2.29. The zero-order valence-electron chi connectivity index (χ0n) is 12.3. The number of methoxy groups -OCH3 is 1. The molecular weight excluding hydrogens is 242 g/mol. The highest BCUT2D eigenvalue weighted by Gasteiger charge is 2.20. The van der Waals surface area contributed by atoms with Crippen LogP contribution >= 0.6 is 0 Å². The van der Waals surface area contributed by atoms with Gasteiger partial charge < -0.3 is 9.57 Å². The van der Waals surface area contributed by atoms with Crippen LogP contribution in [0.25, 0.3) is 0 Å². The number of hydrogen-bond acceptors (Lipinski definition) is 4. The minimum atomic E-state index is -0.179. The van der Waals surface area contributed by atoms with E-state index in [0.29, 0.717) is 12.8 Å². The molecule has 0 aromatic carbocycles. The summed E-state index contributed by atoms with van der Waals surface area (Å²) in [7, 11) is 1.41. The number of carbonyl (C=O) groups excluding carboxylic acids is 1. The summed E-state index contributed by atoms with van der Waals surface area (Å²) in [6.07, 6.45) is 11.1. The maximum absolute atomic E-state index is 11.0. The van der Waals surface area contributed by atoms with Crippen LogP contribution in [0.3, 0.4) is 0 Å². The van der Waals surface area contributed by atoms with Crippen molar-refractivity contribution in [3.8, 4) is 0 Å². The van der Waals surface area contributed by atoms with Crippen LogP contribution in [-0.4, -0.2) is 24.9 Å². The number of unbranched alkanes of at least 4 members (excludes halogenated alkanes) is 5. The van der Waals surface area contributed by atoms with Crippen molar-refractivity contribution in [1.29, 1.82) is 0 Å². The van der Waals surface area contributed by atoms with E-state index in [9.17, 15) is 4.79 Å². The lowest BCUT2D eigenvalue weighted by Crippen LogP contribution is -2.09. The van der Waals surface area contributed by atoms with Crippen molar-refractivity contribution in [2.24, 2.45) is 5.16 Å². The Kier molecular flexibility index (Phi) is 8.26. The maximum atomic E-state index is 11.0. The molecule has 1 heterocycles. The number of rotatable bonds is 10. The first-order valence-electron chi connectivity index (χ1n) is 7.54. The van der Waals surface area contributed by atoms with Crippen LogP contribution in [0.5, 0.6) is 0 Å². The summed E-state index contributed by atoms with van der Waals surface area (Å²) in [6.45, 7) is 2.24. The Labute approximate surface area is 116 Å². The Hall–Kier alpha value is -1.06. The number of esters is 1. The number of carbonyl (C=O) groups is 1. The Morgan fingerprint density at radius 2 is 2.05 bits per heavy atom. The van der Waals surface area contributed by atoms with Gasteiger partial charge >= 0.3 is 5.97 Å². The first kappa shape index (κ1) is 16.0. The Balaban J connectivity index is 1.99. The molecule has 0 radical (unpaired) electrons. The molecule has 1 rings (SSSR count). The molecule has 0 aliphatic carbocycles. The lowest BCUT2D eigenvalue weighted by molar-refractivity contribution is -0.140. The molecule has 1 aliphatic heterocycles. The minimum Gasteiger partial charge on any atom is -0.469 e. The number of hydrogen-bond donors (Lipinski definition) is 0. The number of nitrogens with zero attached hydrogens (tertiary/aromatic N) is 1. The van der Waals surface area contributed by atoms with Gasteiger partial charge in [-0.1, -0.05) is 44.2 Å². The van der Waals surface area contributed by atoms with Gasteiger partial charge in [-0.25, -0.2) is 0 Å². The summed E-state index contributed by atoms with van der Waals surface area (Å²) >= 11 is 0. The molecule has 0 spiro atoms. The molecule has 0 bridgehead atoms. The SMILES string of the molecule is CCCCCCCCC1CC(CCC(=O)OC)=NO1. The molecule has 0 aromatic heterocycles. The smallest absolute Gasteiger partial charge is 0.305 e. The highest BCUT2D eigenvalue weighted by Crippen LogP contribution is 2.20. The van der Waals surface area contributed by atoms with Gasteiger partial charge in [-0.15, -0.1) is 0 Å². The molecule has 4 heteroatoms. The Morgan fingerprint density at radius 3 is 2.79 bits per heavy atom. The molecular formula is C15H27NO3. The third-order valence-electron chi connectivity index (χ3n) is 3.52. The Morgan fingerprint density at radius 1 is 1.32 bits per heavy atom. The van der Waals surface area contributed by atoms with E-state index in [1.165, 1.54) is 45.6 Å². The van der Waals surface area contributed by atoms with Crippen molar-refractivity contribution in [2.75, 3.05) is 7.11 Å². The summed E-state index contributed by atoms with van der Waals surface area (Å²) in [4.78, 5) is 16.4. The van der Waals surface area contributed by atoms with E-state index in [0.717, 1.165) is 18.6 Å². The lowest BCUT2D eigenvalue weighted by Gasteiger charge is -2.07. The number of oxime groups is 1. The van der Waals surface area contributed by atoms with Gasteiger partial charge in [0.2, 0.25) is 0 Å². The fraction of sp³-hybridized carbons (Fsp3) is 0.867. The molecule has 0 aromatic rings. The topological polar surface area (TPSA) is 47.9 Å². The van der Waals surface area contributed by atoms with Crippen LogP contribution < -0.4 is 0 Å². The second-order valence-electron chi connectivity index (χ2n) is 5.22. The standard InChI is InChI=1S/C15H27NO3/c1-3-4-5-6-7-8-9-14-12-13(16-19-14)10-11-15(17)18-2/h14H,3-12H2,1-2H3. The number of ether oxygens (including phenoxy) is 1. The predicted octanol–water partition coefficient (Wildman–Crippen LogP) is 3.84. The van der Waals surface area contributed by atoms with E-state index in [-0.39, 0.29) is 12.1 Å². The van der Waals surface area contributed by atoms with Crippen LogP contribution in [0, 0.1) is 0 Å². The van der Waals surface area contributed by atoms with Gasteiger partial charge in [0.15, 0.2) is 0 Å². The fourth-order valence-corrected chi connectivity index (χ4v) is 2.29. The van der Waals surface area contributed by atoms with Crippen molar-refractivity contribution < 1.29 is 14.4 Å². The van der Waals surface area contributed by atoms with Gasteiger partial charge in [0.25, 0.3) is 0 Å². The molecule has 1 aliphatic rings. The summed E-state index contributed by atoms with van der Waals surface area (Å²) < 4.78 is 4.61. The van der Waals surface area contributed by atoms with Crippen LogP contribution in [-0.2, 0) is 14.4 Å². The van der Waals surface area contributed by atoms with Crippen molar-refractivity contribution in [2.45, 2.75) is 77.2 Å². The second kappa shape index (κ2) is 9.82. The van der Waals surface area contributed by atoms with E-state index < -0.39 is 0 Å². The molecule has 0 amide bonds. The first-order valence-corrected chi connectivity index (χ1v) is 7.54. The second-order valence-corrected chi connectivity index (χ2v) is 5.22.